The number of ether oxygens (including phenoxy) is 1. The summed E-state index contributed by atoms with van der Waals surface area (Å²) in [6, 6.07) is 1.36. The second-order valence-electron chi connectivity index (χ2n) is 2.86. The predicted octanol–water partition coefficient (Wildman–Crippen LogP) is 2.09. The number of phenols is 1. The normalized spacial score (nSPS) is 19.8. The fraction of sp³-hybridized carbons (Fsp3) is 0.250. The van der Waals surface area contributed by atoms with Gasteiger partial charge in [0, 0.05) is 5.56 Å². The van der Waals surface area contributed by atoms with Gasteiger partial charge in [0.05, 0.1) is 11.1 Å². The smallest absolute Gasteiger partial charge is 0.156 e. The zero-order chi connectivity index (χ0) is 9.59. The van der Waals surface area contributed by atoms with E-state index >= 15 is 0 Å². The maximum atomic E-state index is 9.37. The van der Waals surface area contributed by atoms with Gasteiger partial charge in [-0.1, -0.05) is 23.2 Å². The van der Waals surface area contributed by atoms with Crippen LogP contribution in [0.4, 0.5) is 0 Å². The molecule has 0 amide bonds. The van der Waals surface area contributed by atoms with Crippen molar-refractivity contribution in [1.29, 1.82) is 0 Å². The van der Waals surface area contributed by atoms with Crippen LogP contribution in [0.25, 0.3) is 0 Å². The quantitative estimate of drug-likeness (QED) is 0.703. The molecule has 1 aliphatic rings. The molecule has 0 saturated carbocycles. The molecular formula is C8H7Cl2NO2. The summed E-state index contributed by atoms with van der Waals surface area (Å²) in [6.07, 6.45) is 0. The minimum Gasteiger partial charge on any atom is -0.505 e. The Bertz CT molecular complexity index is 368. The van der Waals surface area contributed by atoms with E-state index < -0.39 is 0 Å². The fourth-order valence-electron chi connectivity index (χ4n) is 1.29. The van der Waals surface area contributed by atoms with E-state index in [2.05, 4.69) is 0 Å². The van der Waals surface area contributed by atoms with Crippen molar-refractivity contribution >= 4 is 23.2 Å². The summed E-state index contributed by atoms with van der Waals surface area (Å²) in [5.41, 5.74) is 6.45. The predicted molar refractivity (Wildman–Crippen MR) is 50.6 cm³/mol. The molecule has 1 atom stereocenters. The van der Waals surface area contributed by atoms with Crippen LogP contribution in [0, 0.1) is 0 Å². The Hall–Kier alpha value is -0.640. The van der Waals surface area contributed by atoms with Crippen molar-refractivity contribution in [3.05, 3.63) is 21.7 Å². The van der Waals surface area contributed by atoms with Gasteiger partial charge in [-0.3, -0.25) is 0 Å². The molecular weight excluding hydrogens is 213 g/mol. The van der Waals surface area contributed by atoms with E-state index in [1.165, 1.54) is 0 Å². The van der Waals surface area contributed by atoms with E-state index in [-0.39, 0.29) is 21.8 Å². The van der Waals surface area contributed by atoms with E-state index in [9.17, 15) is 5.11 Å². The number of nitrogens with two attached hydrogens (primary N) is 1. The molecule has 0 saturated heterocycles. The highest BCUT2D eigenvalue weighted by Gasteiger charge is 2.26. The SMILES string of the molecule is NC1COc2c1cc(Cl)c(O)c2Cl. The van der Waals surface area contributed by atoms with Gasteiger partial charge in [0.15, 0.2) is 5.75 Å². The zero-order valence-electron chi connectivity index (χ0n) is 6.55. The number of aromatic hydroxyl groups is 1. The van der Waals surface area contributed by atoms with Crippen LogP contribution < -0.4 is 10.5 Å². The van der Waals surface area contributed by atoms with E-state index in [1.54, 1.807) is 6.07 Å². The van der Waals surface area contributed by atoms with Gasteiger partial charge in [-0.2, -0.15) is 0 Å². The molecule has 1 heterocycles. The second kappa shape index (κ2) is 2.94. The van der Waals surface area contributed by atoms with Crippen molar-refractivity contribution in [2.24, 2.45) is 5.73 Å². The molecule has 70 valence electrons. The lowest BCUT2D eigenvalue weighted by atomic mass is 10.1. The van der Waals surface area contributed by atoms with Gasteiger partial charge in [-0.15, -0.1) is 0 Å². The van der Waals surface area contributed by atoms with Gasteiger partial charge in [0.2, 0.25) is 0 Å². The summed E-state index contributed by atoms with van der Waals surface area (Å²) in [5.74, 6) is 0.284. The van der Waals surface area contributed by atoms with Crippen molar-refractivity contribution in [2.45, 2.75) is 6.04 Å². The van der Waals surface area contributed by atoms with Crippen molar-refractivity contribution < 1.29 is 9.84 Å². The molecule has 1 aromatic rings. The van der Waals surface area contributed by atoms with Crippen LogP contribution in [0.2, 0.25) is 10.0 Å². The lowest BCUT2D eigenvalue weighted by Crippen LogP contribution is -2.10. The Morgan fingerprint density at radius 2 is 2.23 bits per heavy atom. The lowest BCUT2D eigenvalue weighted by Gasteiger charge is -2.06. The Labute approximate surface area is 85.0 Å². The summed E-state index contributed by atoms with van der Waals surface area (Å²) < 4.78 is 5.20. The van der Waals surface area contributed by atoms with Crippen molar-refractivity contribution in [3.63, 3.8) is 0 Å². The number of benzene rings is 1. The molecule has 0 bridgehead atoms. The molecule has 1 aromatic carbocycles. The molecule has 13 heavy (non-hydrogen) atoms. The molecule has 0 aromatic heterocycles. The monoisotopic (exact) mass is 219 g/mol. The highest BCUT2D eigenvalue weighted by atomic mass is 35.5. The van der Waals surface area contributed by atoms with Gasteiger partial charge < -0.3 is 15.6 Å². The highest BCUT2D eigenvalue weighted by molar-refractivity contribution is 6.38. The van der Waals surface area contributed by atoms with Gasteiger partial charge >= 0.3 is 0 Å². The molecule has 1 aliphatic heterocycles. The largest absolute Gasteiger partial charge is 0.505 e. The first kappa shape index (κ1) is 8.94. The molecule has 0 radical (unpaired) electrons. The molecule has 0 aliphatic carbocycles. The van der Waals surface area contributed by atoms with E-state index in [4.69, 9.17) is 33.7 Å². The number of halogens is 2. The summed E-state index contributed by atoms with van der Waals surface area (Å²) in [5, 5.41) is 9.71. The van der Waals surface area contributed by atoms with E-state index in [1.807, 2.05) is 0 Å². The minimum absolute atomic E-state index is 0.135. The first-order chi connectivity index (χ1) is 6.11. The maximum absolute atomic E-state index is 9.37. The third-order valence-corrected chi connectivity index (χ3v) is 2.62. The van der Waals surface area contributed by atoms with Gasteiger partial charge in [0.25, 0.3) is 0 Å². The first-order valence-electron chi connectivity index (χ1n) is 3.70. The molecule has 1 unspecified atom stereocenters. The molecule has 3 nitrogen and oxygen atoms in total. The Balaban J connectivity index is 2.67. The Morgan fingerprint density at radius 1 is 1.54 bits per heavy atom. The lowest BCUT2D eigenvalue weighted by molar-refractivity contribution is 0.332. The van der Waals surface area contributed by atoms with Gasteiger partial charge in [-0.25, -0.2) is 0 Å². The highest BCUT2D eigenvalue weighted by Crippen LogP contribution is 2.46. The average molecular weight is 220 g/mol. The fourth-order valence-corrected chi connectivity index (χ4v) is 1.82. The number of phenolic OH excluding ortho intramolecular Hbond substituents is 1. The van der Waals surface area contributed by atoms with Gasteiger partial charge in [-0.05, 0) is 6.07 Å². The number of hydrogen-bond donors (Lipinski definition) is 2. The second-order valence-corrected chi connectivity index (χ2v) is 3.64. The third-order valence-electron chi connectivity index (χ3n) is 1.98. The summed E-state index contributed by atoms with van der Waals surface area (Å²) in [6.45, 7) is 0.370. The Morgan fingerprint density at radius 3 is 2.92 bits per heavy atom. The van der Waals surface area contributed by atoms with Crippen molar-refractivity contribution in [2.75, 3.05) is 6.61 Å². The maximum Gasteiger partial charge on any atom is 0.156 e. The molecule has 0 fully saturated rings. The Kier molecular flexibility index (Phi) is 2.02. The number of fused-ring (bicyclic) bond motifs is 1. The van der Waals surface area contributed by atoms with Crippen LogP contribution >= 0.6 is 23.2 Å². The van der Waals surface area contributed by atoms with E-state index in [0.717, 1.165) is 5.56 Å². The first-order valence-corrected chi connectivity index (χ1v) is 4.46. The molecule has 0 spiro atoms. The van der Waals surface area contributed by atoms with Crippen LogP contribution in [0.1, 0.15) is 11.6 Å². The topological polar surface area (TPSA) is 55.5 Å². The molecule has 2 rings (SSSR count). The van der Waals surface area contributed by atoms with Crippen LogP contribution in [-0.4, -0.2) is 11.7 Å². The van der Waals surface area contributed by atoms with Crippen LogP contribution in [-0.2, 0) is 0 Å². The summed E-state index contributed by atoms with van der Waals surface area (Å²) in [4.78, 5) is 0. The van der Waals surface area contributed by atoms with Crippen molar-refractivity contribution in [1.82, 2.24) is 0 Å². The number of rotatable bonds is 0. The zero-order valence-corrected chi connectivity index (χ0v) is 8.06. The van der Waals surface area contributed by atoms with Crippen LogP contribution in [0.15, 0.2) is 6.07 Å². The average Bonchev–Trinajstić information content (AvgIpc) is 2.45. The van der Waals surface area contributed by atoms with E-state index in [0.29, 0.717) is 12.4 Å². The van der Waals surface area contributed by atoms with Gasteiger partial charge in [0.1, 0.15) is 17.4 Å². The summed E-state index contributed by atoms with van der Waals surface area (Å²) in [7, 11) is 0. The number of hydrogen-bond acceptors (Lipinski definition) is 3. The third kappa shape index (κ3) is 1.24. The standard InChI is InChI=1S/C8H7Cl2NO2/c9-4-1-3-5(11)2-13-8(3)6(10)7(4)12/h1,5,12H,2,11H2. The van der Waals surface area contributed by atoms with Crippen molar-refractivity contribution in [3.8, 4) is 11.5 Å². The molecule has 3 N–H and O–H groups in total. The van der Waals surface area contributed by atoms with Crippen LogP contribution in [0.3, 0.4) is 0 Å². The summed E-state index contributed by atoms with van der Waals surface area (Å²) >= 11 is 11.5. The minimum atomic E-state index is -0.217. The van der Waals surface area contributed by atoms with Crippen LogP contribution in [0.5, 0.6) is 11.5 Å². The molecule has 5 heteroatoms.